The molecule has 0 saturated heterocycles. The van der Waals surface area contributed by atoms with Gasteiger partial charge in [-0.25, -0.2) is 4.98 Å². The van der Waals surface area contributed by atoms with Crippen LogP contribution in [0, 0.1) is 0 Å². The minimum atomic E-state index is -3.80. The van der Waals surface area contributed by atoms with Crippen molar-refractivity contribution < 1.29 is 8.42 Å². The summed E-state index contributed by atoms with van der Waals surface area (Å²) >= 11 is 0. The van der Waals surface area contributed by atoms with Gasteiger partial charge in [0, 0.05) is 11.9 Å². The Labute approximate surface area is 115 Å². The molecule has 2 aromatic heterocycles. The van der Waals surface area contributed by atoms with Crippen LogP contribution >= 0.6 is 0 Å². The van der Waals surface area contributed by atoms with E-state index in [2.05, 4.69) is 9.71 Å². The molecule has 0 unspecified atom stereocenters. The minimum absolute atomic E-state index is 0.0281. The highest BCUT2D eigenvalue weighted by Crippen LogP contribution is 2.22. The fourth-order valence-corrected chi connectivity index (χ4v) is 3.25. The molecule has 0 bridgehead atoms. The third-order valence-electron chi connectivity index (χ3n) is 2.79. The first-order chi connectivity index (χ1) is 9.58. The van der Waals surface area contributed by atoms with E-state index in [0.717, 1.165) is 0 Å². The van der Waals surface area contributed by atoms with Crippen molar-refractivity contribution >= 4 is 27.2 Å². The zero-order valence-corrected chi connectivity index (χ0v) is 11.2. The Balaban J connectivity index is 2.12. The number of para-hydroxylation sites is 1. The van der Waals surface area contributed by atoms with Crippen LogP contribution in [0.15, 0.2) is 59.8 Å². The molecular weight excluding hydrogens is 276 g/mol. The van der Waals surface area contributed by atoms with Crippen molar-refractivity contribution in [1.82, 2.24) is 9.38 Å². The molecule has 20 heavy (non-hydrogen) atoms. The van der Waals surface area contributed by atoms with E-state index < -0.39 is 10.0 Å². The fourth-order valence-electron chi connectivity index (χ4n) is 1.97. The SMILES string of the molecule is Nc1nc2ccccn2c1S(=O)(=O)Nc1ccccc1. The van der Waals surface area contributed by atoms with Crippen molar-refractivity contribution in [2.45, 2.75) is 5.03 Å². The van der Waals surface area contributed by atoms with E-state index in [1.165, 1.54) is 4.40 Å². The van der Waals surface area contributed by atoms with Gasteiger partial charge in [-0.2, -0.15) is 8.42 Å². The summed E-state index contributed by atoms with van der Waals surface area (Å²) in [7, 11) is -3.80. The lowest BCUT2D eigenvalue weighted by Crippen LogP contribution is -2.16. The van der Waals surface area contributed by atoms with E-state index in [-0.39, 0.29) is 10.8 Å². The highest BCUT2D eigenvalue weighted by Gasteiger charge is 2.23. The largest absolute Gasteiger partial charge is 0.381 e. The summed E-state index contributed by atoms with van der Waals surface area (Å²) in [6.45, 7) is 0. The van der Waals surface area contributed by atoms with E-state index in [1.807, 2.05) is 0 Å². The fraction of sp³-hybridized carbons (Fsp3) is 0. The van der Waals surface area contributed by atoms with Crippen molar-refractivity contribution in [3.8, 4) is 0 Å². The zero-order chi connectivity index (χ0) is 14.2. The molecule has 3 aromatic rings. The molecule has 102 valence electrons. The predicted octanol–water partition coefficient (Wildman–Crippen LogP) is 1.72. The van der Waals surface area contributed by atoms with Crippen molar-refractivity contribution in [1.29, 1.82) is 0 Å². The number of sulfonamides is 1. The van der Waals surface area contributed by atoms with Gasteiger partial charge < -0.3 is 5.73 Å². The number of anilines is 2. The highest BCUT2D eigenvalue weighted by atomic mass is 32.2. The molecule has 2 heterocycles. The van der Waals surface area contributed by atoms with Gasteiger partial charge in [-0.05, 0) is 24.3 Å². The maximum Gasteiger partial charge on any atom is 0.281 e. The van der Waals surface area contributed by atoms with Gasteiger partial charge in [0.1, 0.15) is 5.65 Å². The third-order valence-corrected chi connectivity index (χ3v) is 4.21. The zero-order valence-electron chi connectivity index (χ0n) is 10.4. The predicted molar refractivity (Wildman–Crippen MR) is 76.9 cm³/mol. The summed E-state index contributed by atoms with van der Waals surface area (Å²) in [5, 5.41) is -0.0584. The molecule has 0 spiro atoms. The Morgan fingerprint density at radius 3 is 2.50 bits per heavy atom. The third kappa shape index (κ3) is 2.08. The van der Waals surface area contributed by atoms with Gasteiger partial charge >= 0.3 is 0 Å². The Kier molecular flexibility index (Phi) is 2.83. The molecule has 1 aromatic carbocycles. The van der Waals surface area contributed by atoms with Crippen LogP contribution in [0.5, 0.6) is 0 Å². The van der Waals surface area contributed by atoms with E-state index in [9.17, 15) is 8.42 Å². The molecule has 0 radical (unpaired) electrons. The molecule has 6 nitrogen and oxygen atoms in total. The first-order valence-electron chi connectivity index (χ1n) is 5.88. The second-order valence-electron chi connectivity index (χ2n) is 4.20. The molecular formula is C13H12N4O2S. The van der Waals surface area contributed by atoms with Crippen LogP contribution in [0.3, 0.4) is 0 Å². The Hall–Kier alpha value is -2.54. The van der Waals surface area contributed by atoms with Crippen LogP contribution in [0.25, 0.3) is 5.65 Å². The lowest BCUT2D eigenvalue weighted by Gasteiger charge is -2.08. The molecule has 0 aliphatic rings. The van der Waals surface area contributed by atoms with Gasteiger partial charge in [-0.15, -0.1) is 0 Å². The van der Waals surface area contributed by atoms with Crippen LogP contribution in [0.2, 0.25) is 0 Å². The standard InChI is InChI=1S/C13H12N4O2S/c14-12-13(17-9-5-4-8-11(17)15-12)20(18,19)16-10-6-2-1-3-7-10/h1-9,16H,14H2. The van der Waals surface area contributed by atoms with Crippen molar-refractivity contribution in [2.75, 3.05) is 10.5 Å². The average molecular weight is 288 g/mol. The van der Waals surface area contributed by atoms with Gasteiger partial charge in [0.05, 0.1) is 0 Å². The number of imidazole rings is 1. The second-order valence-corrected chi connectivity index (χ2v) is 5.80. The van der Waals surface area contributed by atoms with Gasteiger partial charge in [-0.3, -0.25) is 9.12 Å². The number of nitrogens with zero attached hydrogens (tertiary/aromatic N) is 2. The van der Waals surface area contributed by atoms with E-state index in [1.54, 1.807) is 54.7 Å². The molecule has 0 fully saturated rings. The number of fused-ring (bicyclic) bond motifs is 1. The van der Waals surface area contributed by atoms with Gasteiger partial charge in [0.2, 0.25) is 5.03 Å². The number of aromatic nitrogens is 2. The molecule has 0 amide bonds. The van der Waals surface area contributed by atoms with E-state index in [0.29, 0.717) is 11.3 Å². The lowest BCUT2D eigenvalue weighted by atomic mass is 10.3. The van der Waals surface area contributed by atoms with Gasteiger partial charge in [0.15, 0.2) is 5.82 Å². The maximum absolute atomic E-state index is 12.4. The first-order valence-corrected chi connectivity index (χ1v) is 7.37. The monoisotopic (exact) mass is 288 g/mol. The van der Waals surface area contributed by atoms with E-state index >= 15 is 0 Å². The number of hydrogen-bond donors (Lipinski definition) is 2. The molecule has 0 atom stereocenters. The van der Waals surface area contributed by atoms with Crippen LogP contribution in [0.4, 0.5) is 11.5 Å². The molecule has 3 N–H and O–H groups in total. The molecule has 0 aliphatic heterocycles. The number of nitrogens with one attached hydrogen (secondary N) is 1. The van der Waals surface area contributed by atoms with E-state index in [4.69, 9.17) is 5.73 Å². The average Bonchev–Trinajstić information content (AvgIpc) is 2.75. The first kappa shape index (κ1) is 12.5. The Morgan fingerprint density at radius 2 is 1.75 bits per heavy atom. The molecule has 7 heteroatoms. The van der Waals surface area contributed by atoms with Crippen molar-refractivity contribution in [3.05, 3.63) is 54.7 Å². The number of nitrogens with two attached hydrogens (primary N) is 1. The summed E-state index contributed by atoms with van der Waals surface area (Å²) < 4.78 is 28.8. The topological polar surface area (TPSA) is 89.5 Å². The second kappa shape index (κ2) is 4.53. The van der Waals surface area contributed by atoms with Crippen molar-refractivity contribution in [2.24, 2.45) is 0 Å². The summed E-state index contributed by atoms with van der Waals surface area (Å²) in [5.74, 6) is -0.0281. The highest BCUT2D eigenvalue weighted by molar-refractivity contribution is 7.92. The number of benzene rings is 1. The summed E-state index contributed by atoms with van der Waals surface area (Å²) in [6.07, 6.45) is 1.61. The number of rotatable bonds is 3. The van der Waals surface area contributed by atoms with Crippen LogP contribution in [0.1, 0.15) is 0 Å². The lowest BCUT2D eigenvalue weighted by molar-refractivity contribution is 0.597. The van der Waals surface area contributed by atoms with Crippen LogP contribution < -0.4 is 10.5 Å². The molecule has 3 rings (SSSR count). The summed E-state index contributed by atoms with van der Waals surface area (Å²) in [6, 6.07) is 13.8. The number of hydrogen-bond acceptors (Lipinski definition) is 4. The molecule has 0 saturated carbocycles. The normalized spacial score (nSPS) is 11.6. The van der Waals surface area contributed by atoms with Crippen LogP contribution in [-0.2, 0) is 10.0 Å². The smallest absolute Gasteiger partial charge is 0.281 e. The van der Waals surface area contributed by atoms with Crippen LogP contribution in [-0.4, -0.2) is 17.8 Å². The van der Waals surface area contributed by atoms with Crippen molar-refractivity contribution in [3.63, 3.8) is 0 Å². The number of pyridine rings is 1. The van der Waals surface area contributed by atoms with Gasteiger partial charge in [0.25, 0.3) is 10.0 Å². The quantitative estimate of drug-likeness (QED) is 0.768. The van der Waals surface area contributed by atoms with Gasteiger partial charge in [-0.1, -0.05) is 24.3 Å². The Bertz CT molecular complexity index is 856. The Morgan fingerprint density at radius 1 is 1.05 bits per heavy atom. The number of nitrogen functional groups attached to an aromatic ring is 1. The maximum atomic E-state index is 12.4. The minimum Gasteiger partial charge on any atom is -0.381 e. The summed E-state index contributed by atoms with van der Waals surface area (Å²) in [4.78, 5) is 4.04. The summed E-state index contributed by atoms with van der Waals surface area (Å²) in [5.41, 5.74) is 6.70. The molecule has 0 aliphatic carbocycles.